The molecule has 2 N–H and O–H groups in total. The highest BCUT2D eigenvalue weighted by molar-refractivity contribution is 6.32. The van der Waals surface area contributed by atoms with Crippen LogP contribution in [0.1, 0.15) is 43.0 Å². The van der Waals surface area contributed by atoms with E-state index in [9.17, 15) is 28.0 Å². The van der Waals surface area contributed by atoms with Gasteiger partial charge in [0.2, 0.25) is 11.8 Å². The van der Waals surface area contributed by atoms with Crippen molar-refractivity contribution in [3.05, 3.63) is 130 Å². The monoisotopic (exact) mass is 510 g/mol. The van der Waals surface area contributed by atoms with E-state index in [4.69, 9.17) is 0 Å². The molecule has 1 aliphatic rings. The van der Waals surface area contributed by atoms with Crippen LogP contribution in [0.4, 0.5) is 20.2 Å². The zero-order chi connectivity index (χ0) is 26.8. The number of hydrogen-bond acceptors (Lipinski definition) is 4. The number of halogens is 2. The number of anilines is 2. The zero-order valence-electron chi connectivity index (χ0n) is 19.9. The summed E-state index contributed by atoms with van der Waals surface area (Å²) in [6.07, 6.45) is -0.159. The van der Waals surface area contributed by atoms with E-state index < -0.39 is 35.0 Å². The van der Waals surface area contributed by atoms with Crippen LogP contribution in [0.15, 0.2) is 84.9 Å². The molecule has 4 aromatic rings. The highest BCUT2D eigenvalue weighted by Crippen LogP contribution is 2.36. The van der Waals surface area contributed by atoms with E-state index in [0.29, 0.717) is 11.1 Å². The molecule has 1 aliphatic carbocycles. The minimum atomic E-state index is -0.470. The molecule has 0 radical (unpaired) electrons. The summed E-state index contributed by atoms with van der Waals surface area (Å²) in [7, 11) is 0. The van der Waals surface area contributed by atoms with Crippen LogP contribution >= 0.6 is 0 Å². The molecule has 0 heterocycles. The molecule has 8 heteroatoms. The van der Waals surface area contributed by atoms with E-state index in [1.165, 1.54) is 72.8 Å². The standard InChI is InChI=1S/C30H20F2N2O4/c31-19-9-5-17(6-10-19)15-25(35)33-23-13-14-24(34-26(36)16-18-7-11-20(32)12-8-18)28-27(23)29(37)21-3-1-2-4-22(21)30(28)38/h1-14H,15-16H2,(H,33,35)(H,34,36). The first kappa shape index (κ1) is 24.7. The van der Waals surface area contributed by atoms with Crippen LogP contribution in [-0.2, 0) is 22.4 Å². The molecule has 0 fully saturated rings. The lowest BCUT2D eigenvalue weighted by Gasteiger charge is -2.23. The number of nitrogens with one attached hydrogen (secondary N) is 2. The predicted octanol–water partition coefficient (Wildman–Crippen LogP) is 5.10. The van der Waals surface area contributed by atoms with E-state index in [1.54, 1.807) is 12.1 Å². The van der Waals surface area contributed by atoms with Gasteiger partial charge in [-0.05, 0) is 47.5 Å². The molecule has 0 aliphatic heterocycles. The van der Waals surface area contributed by atoms with Gasteiger partial charge < -0.3 is 10.6 Å². The number of benzene rings is 4. The molecule has 0 atom stereocenters. The van der Waals surface area contributed by atoms with E-state index in [1.807, 2.05) is 0 Å². The second-order valence-electron chi connectivity index (χ2n) is 8.82. The summed E-state index contributed by atoms with van der Waals surface area (Å²) >= 11 is 0. The maximum atomic E-state index is 13.5. The highest BCUT2D eigenvalue weighted by Gasteiger charge is 2.34. The first-order valence-electron chi connectivity index (χ1n) is 11.7. The molecular weight excluding hydrogens is 490 g/mol. The first-order valence-corrected chi connectivity index (χ1v) is 11.7. The minimum absolute atomic E-state index is 0.0271. The summed E-state index contributed by atoms with van der Waals surface area (Å²) in [6, 6.07) is 20.1. The Labute approximate surface area is 216 Å². The van der Waals surface area contributed by atoms with Crippen LogP contribution in [-0.4, -0.2) is 23.4 Å². The summed E-state index contributed by atoms with van der Waals surface area (Å²) in [5.41, 5.74) is 1.70. The van der Waals surface area contributed by atoms with Gasteiger partial charge in [0.1, 0.15) is 11.6 Å². The Morgan fingerprint density at radius 3 is 1.29 bits per heavy atom. The van der Waals surface area contributed by atoms with Gasteiger partial charge in [-0.3, -0.25) is 19.2 Å². The molecule has 0 bridgehead atoms. The van der Waals surface area contributed by atoms with Crippen molar-refractivity contribution in [2.24, 2.45) is 0 Å². The molecule has 0 unspecified atom stereocenters. The lowest BCUT2D eigenvalue weighted by molar-refractivity contribution is -0.116. The predicted molar refractivity (Wildman–Crippen MR) is 137 cm³/mol. The first-order chi connectivity index (χ1) is 18.3. The Hall–Kier alpha value is -4.98. The molecule has 0 aromatic heterocycles. The molecule has 5 rings (SSSR count). The summed E-state index contributed by atoms with van der Waals surface area (Å²) < 4.78 is 26.4. The van der Waals surface area contributed by atoms with Gasteiger partial charge in [-0.1, -0.05) is 48.5 Å². The van der Waals surface area contributed by atoms with Crippen molar-refractivity contribution in [2.45, 2.75) is 12.8 Å². The summed E-state index contributed by atoms with van der Waals surface area (Å²) in [5, 5.41) is 5.37. The lowest BCUT2D eigenvalue weighted by Crippen LogP contribution is -2.27. The van der Waals surface area contributed by atoms with E-state index in [0.717, 1.165) is 0 Å². The maximum Gasteiger partial charge on any atom is 0.228 e. The quantitative estimate of drug-likeness (QED) is 0.332. The van der Waals surface area contributed by atoms with Crippen LogP contribution in [0, 0.1) is 11.6 Å². The number of rotatable bonds is 6. The molecular formula is C30H20F2N2O4. The second-order valence-corrected chi connectivity index (χ2v) is 8.82. The third kappa shape index (κ3) is 4.97. The van der Waals surface area contributed by atoms with E-state index in [-0.39, 0.29) is 46.5 Å². The smallest absolute Gasteiger partial charge is 0.228 e. The van der Waals surface area contributed by atoms with Crippen molar-refractivity contribution in [2.75, 3.05) is 10.6 Å². The SMILES string of the molecule is O=C(Cc1ccc(F)cc1)Nc1ccc(NC(=O)Cc2ccc(F)cc2)c2c1C(=O)c1ccccc1C2=O. The Balaban J connectivity index is 1.48. The van der Waals surface area contributed by atoms with Crippen molar-refractivity contribution in [1.82, 2.24) is 0 Å². The van der Waals surface area contributed by atoms with Gasteiger partial charge in [-0.25, -0.2) is 8.78 Å². The molecule has 4 aromatic carbocycles. The Morgan fingerprint density at radius 1 is 0.553 bits per heavy atom. The van der Waals surface area contributed by atoms with E-state index >= 15 is 0 Å². The van der Waals surface area contributed by atoms with Gasteiger partial charge in [-0.15, -0.1) is 0 Å². The van der Waals surface area contributed by atoms with E-state index in [2.05, 4.69) is 10.6 Å². The third-order valence-corrected chi connectivity index (χ3v) is 6.18. The van der Waals surface area contributed by atoms with Crippen LogP contribution < -0.4 is 10.6 Å². The summed E-state index contributed by atoms with van der Waals surface area (Å²) in [4.78, 5) is 52.6. The van der Waals surface area contributed by atoms with Crippen LogP contribution in [0.2, 0.25) is 0 Å². The van der Waals surface area contributed by atoms with Gasteiger partial charge in [0.25, 0.3) is 0 Å². The Bertz CT molecular complexity index is 1480. The Kier molecular flexibility index (Phi) is 6.62. The van der Waals surface area contributed by atoms with Gasteiger partial charge in [0, 0.05) is 11.1 Å². The zero-order valence-corrected chi connectivity index (χ0v) is 19.9. The topological polar surface area (TPSA) is 92.3 Å². The molecule has 188 valence electrons. The molecule has 6 nitrogen and oxygen atoms in total. The molecule has 2 amide bonds. The molecule has 38 heavy (non-hydrogen) atoms. The van der Waals surface area contributed by atoms with Gasteiger partial charge in [-0.2, -0.15) is 0 Å². The second kappa shape index (κ2) is 10.2. The van der Waals surface area contributed by atoms with Crippen molar-refractivity contribution >= 4 is 34.8 Å². The largest absolute Gasteiger partial charge is 0.325 e. The fourth-order valence-electron chi connectivity index (χ4n) is 4.40. The van der Waals surface area contributed by atoms with Gasteiger partial charge in [0.05, 0.1) is 35.3 Å². The highest BCUT2D eigenvalue weighted by atomic mass is 19.1. The summed E-state index contributed by atoms with van der Waals surface area (Å²) in [5.74, 6) is -2.73. The minimum Gasteiger partial charge on any atom is -0.325 e. The fourth-order valence-corrected chi connectivity index (χ4v) is 4.40. The third-order valence-electron chi connectivity index (χ3n) is 6.18. The van der Waals surface area contributed by atoms with Crippen molar-refractivity contribution in [3.8, 4) is 0 Å². The Morgan fingerprint density at radius 2 is 0.921 bits per heavy atom. The van der Waals surface area contributed by atoms with Crippen LogP contribution in [0.3, 0.4) is 0 Å². The number of carbonyl (C=O) groups excluding carboxylic acids is 4. The number of amides is 2. The molecule has 0 saturated heterocycles. The van der Waals surface area contributed by atoms with Crippen molar-refractivity contribution in [1.29, 1.82) is 0 Å². The van der Waals surface area contributed by atoms with Crippen molar-refractivity contribution in [3.63, 3.8) is 0 Å². The summed E-state index contributed by atoms with van der Waals surface area (Å²) in [6.45, 7) is 0. The number of fused-ring (bicyclic) bond motifs is 2. The normalized spacial score (nSPS) is 11.9. The maximum absolute atomic E-state index is 13.5. The number of ketones is 2. The number of carbonyl (C=O) groups is 4. The van der Waals surface area contributed by atoms with Crippen LogP contribution in [0.5, 0.6) is 0 Å². The molecule has 0 spiro atoms. The lowest BCUT2D eigenvalue weighted by atomic mass is 9.82. The average molecular weight is 510 g/mol. The molecule has 0 saturated carbocycles. The van der Waals surface area contributed by atoms with Crippen LogP contribution in [0.25, 0.3) is 0 Å². The van der Waals surface area contributed by atoms with Crippen molar-refractivity contribution < 1.29 is 28.0 Å². The van der Waals surface area contributed by atoms with Gasteiger partial charge >= 0.3 is 0 Å². The average Bonchev–Trinajstić information content (AvgIpc) is 2.90. The number of hydrogen-bond donors (Lipinski definition) is 2. The van der Waals surface area contributed by atoms with Gasteiger partial charge in [0.15, 0.2) is 11.6 Å². The fraction of sp³-hybridized carbons (Fsp3) is 0.0667.